The van der Waals surface area contributed by atoms with Crippen molar-refractivity contribution in [2.75, 3.05) is 25.0 Å². The van der Waals surface area contributed by atoms with Crippen LogP contribution in [0.1, 0.15) is 18.4 Å². The van der Waals surface area contributed by atoms with E-state index in [1.54, 1.807) is 30.5 Å². The molecule has 0 unspecified atom stereocenters. The number of thiophene rings is 1. The minimum absolute atomic E-state index is 0. The highest BCUT2D eigenvalue weighted by molar-refractivity contribution is 14.0. The molecule has 1 aliphatic rings. The second-order valence-electron chi connectivity index (χ2n) is 5.87. The first-order valence-corrected chi connectivity index (χ1v) is 9.13. The van der Waals surface area contributed by atoms with Crippen LogP contribution in [0.3, 0.4) is 0 Å². The van der Waals surface area contributed by atoms with Crippen molar-refractivity contribution in [1.29, 1.82) is 0 Å². The predicted molar refractivity (Wildman–Crippen MR) is 115 cm³/mol. The average molecular weight is 474 g/mol. The Morgan fingerprint density at radius 3 is 2.64 bits per heavy atom. The van der Waals surface area contributed by atoms with Gasteiger partial charge in [-0.2, -0.15) is 0 Å². The summed E-state index contributed by atoms with van der Waals surface area (Å²) in [5.74, 6) is 0.539. The zero-order chi connectivity index (χ0) is 16.8. The Balaban J connectivity index is 0.00000225. The van der Waals surface area contributed by atoms with Crippen molar-refractivity contribution >= 4 is 46.3 Å². The number of nitrogens with one attached hydrogen (secondary N) is 2. The molecule has 0 bridgehead atoms. The van der Waals surface area contributed by atoms with E-state index in [1.807, 2.05) is 6.07 Å². The molecule has 3 rings (SSSR count). The molecule has 25 heavy (non-hydrogen) atoms. The molecule has 1 fully saturated rings. The summed E-state index contributed by atoms with van der Waals surface area (Å²) in [5.41, 5.74) is 0.646. The lowest BCUT2D eigenvalue weighted by Crippen LogP contribution is -2.48. The van der Waals surface area contributed by atoms with Crippen LogP contribution in [0.5, 0.6) is 0 Å². The lowest BCUT2D eigenvalue weighted by Gasteiger charge is -2.33. The summed E-state index contributed by atoms with van der Waals surface area (Å²) in [6.45, 7) is 2.52. The van der Waals surface area contributed by atoms with Crippen molar-refractivity contribution in [2.24, 2.45) is 4.99 Å². The number of piperidine rings is 1. The van der Waals surface area contributed by atoms with Gasteiger partial charge in [-0.3, -0.25) is 4.99 Å². The van der Waals surface area contributed by atoms with Crippen LogP contribution < -0.4 is 15.5 Å². The van der Waals surface area contributed by atoms with Crippen LogP contribution in [0, 0.1) is 5.82 Å². The van der Waals surface area contributed by atoms with E-state index in [4.69, 9.17) is 0 Å². The maximum Gasteiger partial charge on any atom is 0.191 e. The number of hydrogen-bond acceptors (Lipinski definition) is 3. The summed E-state index contributed by atoms with van der Waals surface area (Å²) in [5, 5.41) is 10.1. The molecular weight excluding hydrogens is 450 g/mol. The molecule has 0 amide bonds. The van der Waals surface area contributed by atoms with Crippen LogP contribution >= 0.6 is 35.3 Å². The summed E-state index contributed by atoms with van der Waals surface area (Å²) >= 11 is 1.79. The third-order valence-corrected chi connectivity index (χ3v) is 5.21. The highest BCUT2D eigenvalue weighted by Crippen LogP contribution is 2.24. The molecule has 2 heterocycles. The third-order valence-electron chi connectivity index (χ3n) is 4.28. The van der Waals surface area contributed by atoms with E-state index in [9.17, 15) is 4.39 Å². The minimum Gasteiger partial charge on any atom is -0.363 e. The van der Waals surface area contributed by atoms with Gasteiger partial charge in [0.2, 0.25) is 0 Å². The van der Waals surface area contributed by atoms with Crippen LogP contribution in [0.15, 0.2) is 46.8 Å². The highest BCUT2D eigenvalue weighted by atomic mass is 127. The fraction of sp³-hybridized carbons (Fsp3) is 0.389. The van der Waals surface area contributed by atoms with Gasteiger partial charge in [-0.15, -0.1) is 35.3 Å². The quantitative estimate of drug-likeness (QED) is 0.402. The summed E-state index contributed by atoms with van der Waals surface area (Å²) in [7, 11) is 1.75. The number of benzene rings is 1. The first-order valence-electron chi connectivity index (χ1n) is 8.25. The first-order chi connectivity index (χ1) is 11.8. The van der Waals surface area contributed by atoms with Crippen molar-refractivity contribution in [2.45, 2.75) is 25.4 Å². The van der Waals surface area contributed by atoms with Gasteiger partial charge in [0.1, 0.15) is 5.82 Å². The van der Waals surface area contributed by atoms with Crippen LogP contribution in [0.4, 0.5) is 9.39 Å². The number of guanidine groups is 1. The van der Waals surface area contributed by atoms with E-state index in [0.717, 1.165) is 31.9 Å². The maximum absolute atomic E-state index is 13.7. The molecule has 2 aromatic rings. The van der Waals surface area contributed by atoms with Gasteiger partial charge >= 0.3 is 0 Å². The first kappa shape index (κ1) is 20.0. The standard InChI is InChI=1S/C18H23FN4S.HI/c1-20-18(21-13-14-5-2-3-6-16(14)19)22-15-8-10-23(11-9-15)17-7-4-12-24-17;/h2-7,12,15H,8-11,13H2,1H3,(H2,20,21,22);1H. The van der Waals surface area contributed by atoms with Gasteiger partial charge in [0.05, 0.1) is 5.00 Å². The molecule has 1 aromatic carbocycles. The van der Waals surface area contributed by atoms with Crippen molar-refractivity contribution in [1.82, 2.24) is 10.6 Å². The van der Waals surface area contributed by atoms with Crippen molar-refractivity contribution in [3.8, 4) is 0 Å². The van der Waals surface area contributed by atoms with Gasteiger partial charge in [0.15, 0.2) is 5.96 Å². The van der Waals surface area contributed by atoms with Crippen LogP contribution in [0.25, 0.3) is 0 Å². The van der Waals surface area contributed by atoms with Crippen LogP contribution in [-0.4, -0.2) is 32.1 Å². The number of rotatable bonds is 4. The van der Waals surface area contributed by atoms with Gasteiger partial charge < -0.3 is 15.5 Å². The minimum atomic E-state index is -0.190. The van der Waals surface area contributed by atoms with Crippen molar-refractivity contribution in [3.05, 3.63) is 53.2 Å². The van der Waals surface area contributed by atoms with Gasteiger partial charge in [0.25, 0.3) is 0 Å². The Kier molecular flexibility index (Phi) is 7.95. The molecular formula is C18H24FIN4S. The monoisotopic (exact) mass is 474 g/mol. The molecule has 0 aliphatic carbocycles. The second kappa shape index (κ2) is 9.96. The molecule has 0 radical (unpaired) electrons. The van der Waals surface area contributed by atoms with Gasteiger partial charge in [0, 0.05) is 38.3 Å². The Morgan fingerprint density at radius 2 is 2.00 bits per heavy atom. The Bertz CT molecular complexity index is 669. The summed E-state index contributed by atoms with van der Waals surface area (Å²) in [6, 6.07) is 11.5. The molecule has 1 aliphatic heterocycles. The molecule has 0 saturated carbocycles. The lowest BCUT2D eigenvalue weighted by molar-refractivity contribution is 0.462. The number of aliphatic imine (C=N–C) groups is 1. The third kappa shape index (κ3) is 5.57. The van der Waals surface area contributed by atoms with Crippen molar-refractivity contribution < 1.29 is 4.39 Å². The Labute approximate surface area is 169 Å². The molecule has 7 heteroatoms. The molecule has 136 valence electrons. The fourth-order valence-corrected chi connectivity index (χ4v) is 3.69. The zero-order valence-electron chi connectivity index (χ0n) is 14.2. The van der Waals surface area contributed by atoms with E-state index in [-0.39, 0.29) is 29.8 Å². The molecule has 0 spiro atoms. The maximum atomic E-state index is 13.7. The molecule has 2 N–H and O–H groups in total. The van der Waals surface area contributed by atoms with E-state index >= 15 is 0 Å². The lowest BCUT2D eigenvalue weighted by atomic mass is 10.1. The molecule has 1 saturated heterocycles. The van der Waals surface area contributed by atoms with Crippen LogP contribution in [0.2, 0.25) is 0 Å². The summed E-state index contributed by atoms with van der Waals surface area (Å²) in [4.78, 5) is 6.69. The van der Waals surface area contributed by atoms with E-state index in [1.165, 1.54) is 11.1 Å². The van der Waals surface area contributed by atoms with Crippen LogP contribution in [-0.2, 0) is 6.54 Å². The van der Waals surface area contributed by atoms with E-state index in [0.29, 0.717) is 18.2 Å². The average Bonchev–Trinajstić information content (AvgIpc) is 3.15. The number of anilines is 1. The largest absolute Gasteiger partial charge is 0.363 e. The number of nitrogens with zero attached hydrogens (tertiary/aromatic N) is 2. The SMILES string of the molecule is CN=C(NCc1ccccc1F)NC1CCN(c2cccs2)CC1.I. The number of hydrogen-bond donors (Lipinski definition) is 2. The Hall–Kier alpha value is -1.35. The smallest absolute Gasteiger partial charge is 0.191 e. The molecule has 0 atom stereocenters. The van der Waals surface area contributed by atoms with Gasteiger partial charge in [-0.25, -0.2) is 4.39 Å². The van der Waals surface area contributed by atoms with Gasteiger partial charge in [-0.05, 0) is 36.4 Å². The normalized spacial score (nSPS) is 15.6. The predicted octanol–water partition coefficient (Wildman–Crippen LogP) is 3.84. The highest BCUT2D eigenvalue weighted by Gasteiger charge is 2.20. The van der Waals surface area contributed by atoms with E-state index in [2.05, 4.69) is 38.0 Å². The molecule has 1 aromatic heterocycles. The summed E-state index contributed by atoms with van der Waals surface area (Å²) < 4.78 is 13.7. The van der Waals surface area contributed by atoms with E-state index < -0.39 is 0 Å². The van der Waals surface area contributed by atoms with Crippen molar-refractivity contribution in [3.63, 3.8) is 0 Å². The molecule has 4 nitrogen and oxygen atoms in total. The Morgan fingerprint density at radius 1 is 1.24 bits per heavy atom. The number of halogens is 2. The van der Waals surface area contributed by atoms with Gasteiger partial charge in [-0.1, -0.05) is 18.2 Å². The summed E-state index contributed by atoms with van der Waals surface area (Å²) in [6.07, 6.45) is 2.14. The topological polar surface area (TPSA) is 39.7 Å². The fourth-order valence-electron chi connectivity index (χ4n) is 2.90. The zero-order valence-corrected chi connectivity index (χ0v) is 17.4. The second-order valence-corrected chi connectivity index (χ2v) is 6.80.